The number of nitrogens with one attached hydrogen (secondary N) is 1. The predicted molar refractivity (Wildman–Crippen MR) is 73.6 cm³/mol. The molecule has 18 heavy (non-hydrogen) atoms. The summed E-state index contributed by atoms with van der Waals surface area (Å²) in [6.07, 6.45) is 0.582. The van der Waals surface area contributed by atoms with Gasteiger partial charge in [0, 0.05) is 19.1 Å². The molecule has 1 aromatic carbocycles. The van der Waals surface area contributed by atoms with E-state index in [1.807, 2.05) is 30.3 Å². The molecule has 0 aliphatic rings. The van der Waals surface area contributed by atoms with Crippen molar-refractivity contribution in [3.63, 3.8) is 0 Å². The Labute approximate surface area is 113 Å². The third-order valence-electron chi connectivity index (χ3n) is 2.50. The molecule has 2 aromatic rings. The minimum atomic E-state index is -0.171. The molecule has 0 aliphatic carbocycles. The molecular formula is C13H13BrN2O2. The summed E-state index contributed by atoms with van der Waals surface area (Å²) in [6, 6.07) is 9.61. The van der Waals surface area contributed by atoms with Crippen LogP contribution in [0.2, 0.25) is 0 Å². The second-order valence-electron chi connectivity index (χ2n) is 3.78. The number of nitrogens with zero attached hydrogens (tertiary/aromatic N) is 1. The monoisotopic (exact) mass is 308 g/mol. The Morgan fingerprint density at radius 3 is 2.72 bits per heavy atom. The lowest BCUT2D eigenvalue weighted by Gasteiger charge is -2.06. The van der Waals surface area contributed by atoms with E-state index in [-0.39, 0.29) is 5.56 Å². The van der Waals surface area contributed by atoms with Crippen LogP contribution in [-0.2, 0) is 11.2 Å². The van der Waals surface area contributed by atoms with E-state index in [2.05, 4.69) is 25.9 Å². The molecule has 4 nitrogen and oxygen atoms in total. The Hall–Kier alpha value is -1.46. The van der Waals surface area contributed by atoms with Crippen LogP contribution < -0.4 is 5.56 Å². The summed E-state index contributed by atoms with van der Waals surface area (Å²) < 4.78 is 5.44. The summed E-state index contributed by atoms with van der Waals surface area (Å²) in [5.74, 6) is 0.629. The maximum Gasteiger partial charge on any atom is 0.265 e. The molecule has 0 unspecified atom stereocenters. The quantitative estimate of drug-likeness (QED) is 0.943. The Kier molecular flexibility index (Phi) is 4.28. The van der Waals surface area contributed by atoms with E-state index in [4.69, 9.17) is 4.74 Å². The smallest absolute Gasteiger partial charge is 0.265 e. The number of rotatable bonds is 4. The largest absolute Gasteiger partial charge is 0.384 e. The van der Waals surface area contributed by atoms with Gasteiger partial charge in [-0.2, -0.15) is 0 Å². The van der Waals surface area contributed by atoms with Gasteiger partial charge in [-0.15, -0.1) is 0 Å². The van der Waals surface area contributed by atoms with Gasteiger partial charge in [0.2, 0.25) is 0 Å². The first-order chi connectivity index (χ1) is 8.72. The molecule has 0 atom stereocenters. The van der Waals surface area contributed by atoms with Crippen molar-refractivity contribution in [2.24, 2.45) is 0 Å². The normalized spacial score (nSPS) is 10.6. The standard InChI is InChI=1S/C13H13BrN2O2/c1-18-8-7-10-15-12(11(14)13(17)16-10)9-5-3-2-4-6-9/h2-6H,7-8H2,1H3,(H,15,16,17). The average molecular weight is 309 g/mol. The van der Waals surface area contributed by atoms with Crippen molar-refractivity contribution < 1.29 is 4.74 Å². The van der Waals surface area contributed by atoms with Crippen LogP contribution in [0.3, 0.4) is 0 Å². The molecule has 0 saturated heterocycles. The Bertz CT molecular complexity index is 581. The molecule has 0 spiro atoms. The number of ether oxygens (including phenoxy) is 1. The summed E-state index contributed by atoms with van der Waals surface area (Å²) in [6.45, 7) is 0.527. The molecule has 0 radical (unpaired) electrons. The van der Waals surface area contributed by atoms with Gasteiger partial charge in [0.25, 0.3) is 5.56 Å². The van der Waals surface area contributed by atoms with Crippen molar-refractivity contribution in [1.29, 1.82) is 0 Å². The van der Waals surface area contributed by atoms with Crippen LogP contribution >= 0.6 is 15.9 Å². The molecule has 0 amide bonds. The third kappa shape index (κ3) is 2.86. The van der Waals surface area contributed by atoms with Crippen molar-refractivity contribution in [3.8, 4) is 11.3 Å². The number of H-pyrrole nitrogens is 1. The molecule has 94 valence electrons. The summed E-state index contributed by atoms with van der Waals surface area (Å²) in [5, 5.41) is 0. The van der Waals surface area contributed by atoms with E-state index >= 15 is 0 Å². The molecule has 0 saturated carbocycles. The van der Waals surface area contributed by atoms with Gasteiger partial charge in [-0.25, -0.2) is 4.98 Å². The number of hydrogen-bond acceptors (Lipinski definition) is 3. The lowest BCUT2D eigenvalue weighted by Crippen LogP contribution is -2.15. The second-order valence-corrected chi connectivity index (χ2v) is 4.58. The summed E-state index contributed by atoms with van der Waals surface area (Å²) >= 11 is 3.28. The lowest BCUT2D eigenvalue weighted by atomic mass is 10.1. The van der Waals surface area contributed by atoms with Crippen molar-refractivity contribution in [2.45, 2.75) is 6.42 Å². The molecule has 1 heterocycles. The highest BCUT2D eigenvalue weighted by Crippen LogP contribution is 2.22. The summed E-state index contributed by atoms with van der Waals surface area (Å²) in [4.78, 5) is 19.0. The Balaban J connectivity index is 2.46. The fourth-order valence-corrected chi connectivity index (χ4v) is 2.03. The highest BCUT2D eigenvalue weighted by molar-refractivity contribution is 9.10. The van der Waals surface area contributed by atoms with Gasteiger partial charge in [-0.1, -0.05) is 30.3 Å². The number of methoxy groups -OCH3 is 1. The maximum absolute atomic E-state index is 11.8. The molecule has 1 aromatic heterocycles. The Morgan fingerprint density at radius 2 is 2.06 bits per heavy atom. The van der Waals surface area contributed by atoms with Gasteiger partial charge < -0.3 is 9.72 Å². The molecule has 1 N–H and O–H groups in total. The van der Waals surface area contributed by atoms with E-state index in [9.17, 15) is 4.79 Å². The van der Waals surface area contributed by atoms with Crippen LogP contribution in [0.25, 0.3) is 11.3 Å². The first-order valence-corrected chi connectivity index (χ1v) is 6.34. The van der Waals surface area contributed by atoms with Crippen LogP contribution in [0, 0.1) is 0 Å². The fourth-order valence-electron chi connectivity index (χ4n) is 1.61. The summed E-state index contributed by atoms with van der Waals surface area (Å²) in [7, 11) is 1.62. The van der Waals surface area contributed by atoms with Crippen LogP contribution in [0.1, 0.15) is 5.82 Å². The van der Waals surface area contributed by atoms with Crippen molar-refractivity contribution in [1.82, 2.24) is 9.97 Å². The minimum Gasteiger partial charge on any atom is -0.384 e. The van der Waals surface area contributed by atoms with Crippen LogP contribution in [0.15, 0.2) is 39.6 Å². The first kappa shape index (κ1) is 13.0. The summed E-state index contributed by atoms with van der Waals surface area (Å²) in [5.41, 5.74) is 1.40. The zero-order chi connectivity index (χ0) is 13.0. The average Bonchev–Trinajstić information content (AvgIpc) is 2.41. The van der Waals surface area contributed by atoms with Gasteiger partial charge in [-0.3, -0.25) is 4.79 Å². The molecular weight excluding hydrogens is 296 g/mol. The van der Waals surface area contributed by atoms with Crippen LogP contribution in [0.5, 0.6) is 0 Å². The lowest BCUT2D eigenvalue weighted by molar-refractivity contribution is 0.200. The topological polar surface area (TPSA) is 55.0 Å². The van der Waals surface area contributed by atoms with E-state index in [0.717, 1.165) is 5.56 Å². The van der Waals surface area contributed by atoms with Crippen molar-refractivity contribution in [2.75, 3.05) is 13.7 Å². The number of halogens is 1. The molecule has 0 aliphatic heterocycles. The first-order valence-electron chi connectivity index (χ1n) is 5.55. The van der Waals surface area contributed by atoms with E-state index < -0.39 is 0 Å². The van der Waals surface area contributed by atoms with Gasteiger partial charge >= 0.3 is 0 Å². The SMILES string of the molecule is COCCc1nc(-c2ccccc2)c(Br)c(=O)[nH]1. The molecule has 2 rings (SSSR count). The fraction of sp³-hybridized carbons (Fsp3) is 0.231. The van der Waals surface area contributed by atoms with Gasteiger partial charge in [0.05, 0.1) is 12.3 Å². The molecule has 0 fully saturated rings. The van der Waals surface area contributed by atoms with Crippen molar-refractivity contribution in [3.05, 3.63) is 51.0 Å². The minimum absolute atomic E-state index is 0.171. The second kappa shape index (κ2) is 5.93. The molecule has 5 heteroatoms. The molecule has 0 bridgehead atoms. The van der Waals surface area contributed by atoms with E-state index in [1.165, 1.54) is 0 Å². The van der Waals surface area contributed by atoms with Crippen LogP contribution in [0.4, 0.5) is 0 Å². The van der Waals surface area contributed by atoms with E-state index in [0.29, 0.717) is 29.0 Å². The number of aromatic amines is 1. The van der Waals surface area contributed by atoms with Gasteiger partial charge in [0.1, 0.15) is 10.3 Å². The van der Waals surface area contributed by atoms with Gasteiger partial charge in [0.15, 0.2) is 0 Å². The predicted octanol–water partition coefficient (Wildman–Crippen LogP) is 2.39. The zero-order valence-corrected chi connectivity index (χ0v) is 11.5. The Morgan fingerprint density at radius 1 is 1.33 bits per heavy atom. The van der Waals surface area contributed by atoms with Gasteiger partial charge in [-0.05, 0) is 15.9 Å². The maximum atomic E-state index is 11.8. The highest BCUT2D eigenvalue weighted by Gasteiger charge is 2.10. The third-order valence-corrected chi connectivity index (χ3v) is 3.24. The zero-order valence-electron chi connectivity index (χ0n) is 9.94. The number of benzene rings is 1. The highest BCUT2D eigenvalue weighted by atomic mass is 79.9. The number of aromatic nitrogens is 2. The van der Waals surface area contributed by atoms with Crippen molar-refractivity contribution >= 4 is 15.9 Å². The number of hydrogen-bond donors (Lipinski definition) is 1. The van der Waals surface area contributed by atoms with E-state index in [1.54, 1.807) is 7.11 Å². The van der Waals surface area contributed by atoms with Crippen LogP contribution in [-0.4, -0.2) is 23.7 Å².